The van der Waals surface area contributed by atoms with Crippen LogP contribution in [-0.2, 0) is 9.59 Å². The number of halogens is 6. The molecule has 2 aromatic carbocycles. The van der Waals surface area contributed by atoms with Crippen LogP contribution in [0.5, 0.6) is 11.5 Å². The van der Waals surface area contributed by atoms with E-state index in [4.69, 9.17) is 0 Å². The van der Waals surface area contributed by atoms with E-state index in [-0.39, 0.29) is 12.1 Å². The van der Waals surface area contributed by atoms with E-state index in [0.717, 1.165) is 0 Å². The zero-order chi connectivity index (χ0) is 18.7. The molecule has 2 rings (SSSR count). The maximum Gasteiger partial charge on any atom is 0.322 e. The minimum absolute atomic E-state index is 0.197. The molecule has 0 atom stereocenters. The molecule has 0 spiro atoms. The van der Waals surface area contributed by atoms with Crippen LogP contribution in [0.25, 0.3) is 0 Å². The lowest BCUT2D eigenvalue weighted by Gasteiger charge is -2.07. The van der Waals surface area contributed by atoms with Crippen LogP contribution in [0.2, 0.25) is 0 Å². The third kappa shape index (κ3) is 4.49. The summed E-state index contributed by atoms with van der Waals surface area (Å²) in [6, 6.07) is 1.09. The van der Waals surface area contributed by atoms with Gasteiger partial charge < -0.3 is 9.47 Å². The number of hydrogen-bond donors (Lipinski definition) is 0. The fraction of sp³-hybridized carbons (Fsp3) is 0.0667. The standard InChI is InChI=1S/C15H6F6O4/c16-6-1-8(18)14(20)10(3-6)24-12(22)5-13(23)25-11-4-7(17)2-9(19)15(11)21/h1-4H,5H2. The summed E-state index contributed by atoms with van der Waals surface area (Å²) in [5, 5.41) is 0. The Morgan fingerprint density at radius 2 is 1.04 bits per heavy atom. The first-order chi connectivity index (χ1) is 11.7. The van der Waals surface area contributed by atoms with Gasteiger partial charge in [0.2, 0.25) is 11.6 Å². The molecule has 0 fully saturated rings. The molecular formula is C15H6F6O4. The van der Waals surface area contributed by atoms with Gasteiger partial charge in [-0.3, -0.25) is 9.59 Å². The van der Waals surface area contributed by atoms with Crippen molar-refractivity contribution in [3.8, 4) is 11.5 Å². The van der Waals surface area contributed by atoms with Crippen molar-refractivity contribution < 1.29 is 45.4 Å². The molecule has 0 saturated carbocycles. The fourth-order valence-corrected chi connectivity index (χ4v) is 1.65. The molecule has 132 valence electrons. The summed E-state index contributed by atoms with van der Waals surface area (Å²) >= 11 is 0. The van der Waals surface area contributed by atoms with Crippen LogP contribution in [0.15, 0.2) is 24.3 Å². The Balaban J connectivity index is 2.05. The molecule has 0 heterocycles. The summed E-state index contributed by atoms with van der Waals surface area (Å²) < 4.78 is 86.9. The predicted octanol–water partition coefficient (Wildman–Crippen LogP) is 3.42. The quantitative estimate of drug-likeness (QED) is 0.274. The Morgan fingerprint density at radius 1 is 0.680 bits per heavy atom. The summed E-state index contributed by atoms with van der Waals surface area (Å²) in [4.78, 5) is 22.9. The van der Waals surface area contributed by atoms with E-state index in [1.54, 1.807) is 0 Å². The third-order valence-corrected chi connectivity index (χ3v) is 2.66. The summed E-state index contributed by atoms with van der Waals surface area (Å²) in [6.45, 7) is 0. The van der Waals surface area contributed by atoms with E-state index >= 15 is 0 Å². The highest BCUT2D eigenvalue weighted by Crippen LogP contribution is 2.23. The van der Waals surface area contributed by atoms with Crippen LogP contribution in [0.4, 0.5) is 26.3 Å². The molecule has 0 saturated heterocycles. The first kappa shape index (κ1) is 18.3. The summed E-state index contributed by atoms with van der Waals surface area (Å²) in [5.41, 5.74) is 0. The molecule has 10 heteroatoms. The summed E-state index contributed by atoms with van der Waals surface area (Å²) in [7, 11) is 0. The van der Waals surface area contributed by atoms with Crippen LogP contribution < -0.4 is 9.47 Å². The van der Waals surface area contributed by atoms with Gasteiger partial charge in [0.15, 0.2) is 23.1 Å². The SMILES string of the molecule is O=C(CC(=O)Oc1cc(F)cc(F)c1F)Oc1cc(F)cc(F)c1F. The Morgan fingerprint density at radius 3 is 1.40 bits per heavy atom. The van der Waals surface area contributed by atoms with Crippen molar-refractivity contribution in [1.82, 2.24) is 0 Å². The Hall–Kier alpha value is -3.04. The van der Waals surface area contributed by atoms with Crippen molar-refractivity contribution in [3.63, 3.8) is 0 Å². The maximum absolute atomic E-state index is 13.3. The predicted molar refractivity (Wildman–Crippen MR) is 68.5 cm³/mol. The molecule has 0 N–H and O–H groups in total. The number of rotatable bonds is 4. The highest BCUT2D eigenvalue weighted by molar-refractivity contribution is 5.93. The van der Waals surface area contributed by atoms with E-state index in [9.17, 15) is 35.9 Å². The van der Waals surface area contributed by atoms with E-state index in [1.165, 1.54) is 0 Å². The summed E-state index contributed by atoms with van der Waals surface area (Å²) in [5.74, 6) is -14.4. The van der Waals surface area contributed by atoms with E-state index in [1.807, 2.05) is 0 Å². The number of hydrogen-bond acceptors (Lipinski definition) is 4. The van der Waals surface area contributed by atoms with Crippen LogP contribution >= 0.6 is 0 Å². The van der Waals surface area contributed by atoms with Gasteiger partial charge in [-0.2, -0.15) is 8.78 Å². The van der Waals surface area contributed by atoms with Gasteiger partial charge in [0.25, 0.3) is 0 Å². The number of ether oxygens (including phenoxy) is 2. The molecule has 2 aromatic rings. The molecule has 0 unspecified atom stereocenters. The normalized spacial score (nSPS) is 10.5. The van der Waals surface area contributed by atoms with E-state index in [2.05, 4.69) is 9.47 Å². The van der Waals surface area contributed by atoms with Crippen molar-refractivity contribution in [2.24, 2.45) is 0 Å². The second-order valence-corrected chi connectivity index (χ2v) is 4.52. The second kappa shape index (κ2) is 7.24. The molecular weight excluding hydrogens is 358 g/mol. The van der Waals surface area contributed by atoms with Gasteiger partial charge in [-0.15, -0.1) is 0 Å². The molecule has 0 aliphatic rings. The van der Waals surface area contributed by atoms with Gasteiger partial charge in [-0.25, -0.2) is 17.6 Å². The molecule has 0 bridgehead atoms. The van der Waals surface area contributed by atoms with Gasteiger partial charge >= 0.3 is 11.9 Å². The fourth-order valence-electron chi connectivity index (χ4n) is 1.65. The zero-order valence-electron chi connectivity index (χ0n) is 11.9. The van der Waals surface area contributed by atoms with E-state index < -0.39 is 64.8 Å². The van der Waals surface area contributed by atoms with Crippen molar-refractivity contribution in [2.75, 3.05) is 0 Å². The molecule has 0 radical (unpaired) electrons. The number of carbonyl (C=O) groups is 2. The number of benzene rings is 2. The average molecular weight is 364 g/mol. The Bertz CT molecular complexity index is 783. The van der Waals surface area contributed by atoms with Gasteiger partial charge in [0.05, 0.1) is 0 Å². The number of carbonyl (C=O) groups excluding carboxylic acids is 2. The highest BCUT2D eigenvalue weighted by atomic mass is 19.2. The maximum atomic E-state index is 13.3. The molecule has 0 aliphatic carbocycles. The zero-order valence-corrected chi connectivity index (χ0v) is 11.9. The second-order valence-electron chi connectivity index (χ2n) is 4.52. The first-order valence-corrected chi connectivity index (χ1v) is 6.38. The van der Waals surface area contributed by atoms with Gasteiger partial charge in [0, 0.05) is 24.3 Å². The molecule has 0 amide bonds. The van der Waals surface area contributed by atoms with Crippen molar-refractivity contribution >= 4 is 11.9 Å². The van der Waals surface area contributed by atoms with Crippen LogP contribution in [-0.4, -0.2) is 11.9 Å². The lowest BCUT2D eigenvalue weighted by molar-refractivity contribution is -0.144. The minimum atomic E-state index is -1.68. The van der Waals surface area contributed by atoms with Crippen LogP contribution in [0, 0.1) is 34.9 Å². The topological polar surface area (TPSA) is 52.6 Å². The smallest absolute Gasteiger partial charge is 0.322 e. The average Bonchev–Trinajstić information content (AvgIpc) is 2.49. The minimum Gasteiger partial charge on any atom is -0.423 e. The van der Waals surface area contributed by atoms with Crippen molar-refractivity contribution in [2.45, 2.75) is 6.42 Å². The van der Waals surface area contributed by atoms with Crippen LogP contribution in [0.3, 0.4) is 0 Å². The lowest BCUT2D eigenvalue weighted by atomic mass is 10.3. The molecule has 0 aliphatic heterocycles. The van der Waals surface area contributed by atoms with Gasteiger partial charge in [0.1, 0.15) is 18.1 Å². The largest absolute Gasteiger partial charge is 0.423 e. The highest BCUT2D eigenvalue weighted by Gasteiger charge is 2.21. The lowest BCUT2D eigenvalue weighted by Crippen LogP contribution is -2.19. The monoisotopic (exact) mass is 364 g/mol. The molecule has 4 nitrogen and oxygen atoms in total. The van der Waals surface area contributed by atoms with E-state index in [0.29, 0.717) is 12.1 Å². The van der Waals surface area contributed by atoms with Gasteiger partial charge in [-0.1, -0.05) is 0 Å². The molecule has 0 aromatic heterocycles. The van der Waals surface area contributed by atoms with Crippen LogP contribution in [0.1, 0.15) is 6.42 Å². The Labute approximate surface area is 135 Å². The third-order valence-electron chi connectivity index (χ3n) is 2.66. The van der Waals surface area contributed by atoms with Crippen molar-refractivity contribution in [1.29, 1.82) is 0 Å². The number of esters is 2. The van der Waals surface area contributed by atoms with Crippen molar-refractivity contribution in [3.05, 3.63) is 59.2 Å². The first-order valence-electron chi connectivity index (χ1n) is 6.38. The summed E-state index contributed by atoms with van der Waals surface area (Å²) in [6.07, 6.45) is -1.25. The van der Waals surface area contributed by atoms with Gasteiger partial charge in [-0.05, 0) is 0 Å². The molecule has 25 heavy (non-hydrogen) atoms. The Kier molecular flexibility index (Phi) is 5.30.